The van der Waals surface area contributed by atoms with Crippen molar-refractivity contribution in [3.8, 4) is 5.75 Å². The number of carboxylic acid groups (broad SMARTS) is 1. The molecule has 0 radical (unpaired) electrons. The number of carbonyl (C=O) groups is 1. The summed E-state index contributed by atoms with van der Waals surface area (Å²) in [5.74, 6) is -0.365. The summed E-state index contributed by atoms with van der Waals surface area (Å²) in [4.78, 5) is 10.7. The summed E-state index contributed by atoms with van der Waals surface area (Å²) in [5.41, 5.74) is 0.809. The molecule has 1 heterocycles. The molecule has 0 aromatic heterocycles. The molecule has 5 nitrogen and oxygen atoms in total. The van der Waals surface area contributed by atoms with Crippen LogP contribution in [0.5, 0.6) is 5.75 Å². The molecule has 5 heteroatoms. The highest BCUT2D eigenvalue weighted by Crippen LogP contribution is 2.29. The van der Waals surface area contributed by atoms with E-state index in [1.165, 1.54) is 12.1 Å². The maximum atomic E-state index is 10.7. The Morgan fingerprint density at radius 3 is 3.07 bits per heavy atom. The minimum Gasteiger partial charge on any atom is -0.489 e. The van der Waals surface area contributed by atoms with Gasteiger partial charge in [0.2, 0.25) is 0 Å². The lowest BCUT2D eigenvalue weighted by Gasteiger charge is -2.26. The van der Waals surface area contributed by atoms with Crippen LogP contribution in [0.4, 0.5) is 5.69 Å². The van der Waals surface area contributed by atoms with E-state index in [4.69, 9.17) is 14.9 Å². The van der Waals surface area contributed by atoms with Gasteiger partial charge in [-0.3, -0.25) is 0 Å². The first kappa shape index (κ1) is 9.79. The lowest BCUT2D eigenvalue weighted by Crippen LogP contribution is -2.34. The molecule has 15 heavy (non-hydrogen) atoms. The molecule has 0 fully saturated rings. The molecule has 0 saturated heterocycles. The van der Waals surface area contributed by atoms with Gasteiger partial charge in [-0.05, 0) is 18.2 Å². The van der Waals surface area contributed by atoms with Crippen molar-refractivity contribution in [2.24, 2.45) is 0 Å². The number of aliphatic hydroxyl groups excluding tert-OH is 1. The van der Waals surface area contributed by atoms with Crippen LogP contribution < -0.4 is 10.1 Å². The molecule has 0 amide bonds. The van der Waals surface area contributed by atoms with Gasteiger partial charge >= 0.3 is 5.97 Å². The largest absolute Gasteiger partial charge is 0.489 e. The maximum absolute atomic E-state index is 10.7. The number of hydrogen-bond acceptors (Lipinski definition) is 4. The number of carboxylic acids is 1. The van der Waals surface area contributed by atoms with Crippen LogP contribution >= 0.6 is 0 Å². The van der Waals surface area contributed by atoms with Gasteiger partial charge in [0.05, 0.1) is 23.9 Å². The van der Waals surface area contributed by atoms with E-state index in [0.717, 1.165) is 0 Å². The SMILES string of the molecule is O=C(O)c1ccc2c(c1)NC(CO)CO2. The van der Waals surface area contributed by atoms with Gasteiger partial charge in [-0.2, -0.15) is 0 Å². The monoisotopic (exact) mass is 209 g/mol. The number of rotatable bonds is 2. The fourth-order valence-corrected chi connectivity index (χ4v) is 1.45. The molecular weight excluding hydrogens is 198 g/mol. The Kier molecular flexibility index (Phi) is 2.47. The van der Waals surface area contributed by atoms with Crippen LogP contribution in [-0.2, 0) is 0 Å². The summed E-state index contributed by atoms with van der Waals surface area (Å²) < 4.78 is 5.35. The summed E-state index contributed by atoms with van der Waals surface area (Å²) >= 11 is 0. The summed E-state index contributed by atoms with van der Waals surface area (Å²) in [6.45, 7) is 0.340. The van der Waals surface area contributed by atoms with Crippen molar-refractivity contribution in [3.63, 3.8) is 0 Å². The number of aromatic carboxylic acids is 1. The quantitative estimate of drug-likeness (QED) is 0.663. The number of benzene rings is 1. The van der Waals surface area contributed by atoms with Crippen LogP contribution in [0.2, 0.25) is 0 Å². The number of fused-ring (bicyclic) bond motifs is 1. The highest BCUT2D eigenvalue weighted by Gasteiger charge is 2.19. The molecule has 0 aliphatic carbocycles. The van der Waals surface area contributed by atoms with Crippen LogP contribution in [0, 0.1) is 0 Å². The summed E-state index contributed by atoms with van der Waals surface area (Å²) in [6.07, 6.45) is 0. The average Bonchev–Trinajstić information content (AvgIpc) is 2.27. The third-order valence-electron chi connectivity index (χ3n) is 2.25. The fourth-order valence-electron chi connectivity index (χ4n) is 1.45. The second-order valence-electron chi connectivity index (χ2n) is 3.35. The van der Waals surface area contributed by atoms with Gasteiger partial charge in [0.25, 0.3) is 0 Å². The van der Waals surface area contributed by atoms with E-state index in [1.807, 2.05) is 0 Å². The summed E-state index contributed by atoms with van der Waals surface area (Å²) in [5, 5.41) is 20.7. The Bertz CT molecular complexity index is 391. The number of ether oxygens (including phenoxy) is 1. The molecule has 0 saturated carbocycles. The van der Waals surface area contributed by atoms with E-state index in [-0.39, 0.29) is 18.2 Å². The topological polar surface area (TPSA) is 78.8 Å². The van der Waals surface area contributed by atoms with Crippen molar-refractivity contribution in [1.29, 1.82) is 0 Å². The second kappa shape index (κ2) is 3.78. The van der Waals surface area contributed by atoms with E-state index in [1.54, 1.807) is 6.07 Å². The van der Waals surface area contributed by atoms with E-state index in [2.05, 4.69) is 5.32 Å². The van der Waals surface area contributed by atoms with Crippen LogP contribution in [0.3, 0.4) is 0 Å². The van der Waals surface area contributed by atoms with Gasteiger partial charge in [-0.25, -0.2) is 4.79 Å². The lowest BCUT2D eigenvalue weighted by atomic mass is 10.1. The van der Waals surface area contributed by atoms with Crippen LogP contribution in [0.25, 0.3) is 0 Å². The van der Waals surface area contributed by atoms with Crippen molar-refractivity contribution in [2.45, 2.75) is 6.04 Å². The number of nitrogens with one attached hydrogen (secondary N) is 1. The van der Waals surface area contributed by atoms with E-state index in [9.17, 15) is 4.79 Å². The number of aliphatic hydroxyl groups is 1. The molecule has 3 N–H and O–H groups in total. The predicted octanol–water partition coefficient (Wildman–Crippen LogP) is 0.550. The van der Waals surface area contributed by atoms with E-state index in [0.29, 0.717) is 18.0 Å². The zero-order valence-corrected chi connectivity index (χ0v) is 7.93. The van der Waals surface area contributed by atoms with Crippen LogP contribution in [0.15, 0.2) is 18.2 Å². The molecule has 80 valence electrons. The number of hydrogen-bond donors (Lipinski definition) is 3. The van der Waals surface area contributed by atoms with Crippen LogP contribution in [0.1, 0.15) is 10.4 Å². The van der Waals surface area contributed by atoms with Gasteiger partial charge in [0, 0.05) is 0 Å². The Hall–Kier alpha value is -1.75. The first-order valence-corrected chi connectivity index (χ1v) is 4.58. The fraction of sp³-hybridized carbons (Fsp3) is 0.300. The Morgan fingerprint density at radius 2 is 2.40 bits per heavy atom. The predicted molar refractivity (Wildman–Crippen MR) is 53.4 cm³/mol. The van der Waals surface area contributed by atoms with Crippen molar-refractivity contribution in [3.05, 3.63) is 23.8 Å². The molecule has 1 aliphatic heterocycles. The van der Waals surface area contributed by atoms with Crippen molar-refractivity contribution >= 4 is 11.7 Å². The molecule has 0 spiro atoms. The minimum absolute atomic E-state index is 0.0449. The second-order valence-corrected chi connectivity index (χ2v) is 3.35. The number of anilines is 1. The first-order valence-electron chi connectivity index (χ1n) is 4.58. The van der Waals surface area contributed by atoms with E-state index < -0.39 is 5.97 Å². The first-order chi connectivity index (χ1) is 7.20. The smallest absolute Gasteiger partial charge is 0.335 e. The Morgan fingerprint density at radius 1 is 1.60 bits per heavy atom. The van der Waals surface area contributed by atoms with Gasteiger partial charge < -0.3 is 20.3 Å². The minimum atomic E-state index is -0.981. The molecule has 1 unspecified atom stereocenters. The third-order valence-corrected chi connectivity index (χ3v) is 2.25. The maximum Gasteiger partial charge on any atom is 0.335 e. The van der Waals surface area contributed by atoms with Gasteiger partial charge in [0.1, 0.15) is 12.4 Å². The Balaban J connectivity index is 2.30. The van der Waals surface area contributed by atoms with Crippen molar-refractivity contribution < 1.29 is 19.7 Å². The van der Waals surface area contributed by atoms with E-state index >= 15 is 0 Å². The zero-order valence-electron chi connectivity index (χ0n) is 7.93. The lowest BCUT2D eigenvalue weighted by molar-refractivity contribution is 0.0697. The highest BCUT2D eigenvalue weighted by atomic mass is 16.5. The zero-order chi connectivity index (χ0) is 10.8. The Labute approximate surface area is 86.3 Å². The summed E-state index contributed by atoms with van der Waals surface area (Å²) in [6, 6.07) is 4.42. The third kappa shape index (κ3) is 1.87. The molecule has 1 aromatic rings. The van der Waals surface area contributed by atoms with Crippen LogP contribution in [-0.4, -0.2) is 35.4 Å². The standard InChI is InChI=1S/C10H11NO4/c12-4-7-5-15-9-2-1-6(10(13)14)3-8(9)11-7/h1-3,7,11-12H,4-5H2,(H,13,14). The molecular formula is C10H11NO4. The van der Waals surface area contributed by atoms with Crippen molar-refractivity contribution in [1.82, 2.24) is 0 Å². The molecule has 1 atom stereocenters. The van der Waals surface area contributed by atoms with Crippen molar-refractivity contribution in [2.75, 3.05) is 18.5 Å². The highest BCUT2D eigenvalue weighted by molar-refractivity contribution is 5.89. The molecule has 0 bridgehead atoms. The molecule has 1 aromatic carbocycles. The average molecular weight is 209 g/mol. The van der Waals surface area contributed by atoms with Gasteiger partial charge in [-0.15, -0.1) is 0 Å². The molecule has 2 rings (SSSR count). The molecule has 1 aliphatic rings. The summed E-state index contributed by atoms with van der Waals surface area (Å²) in [7, 11) is 0. The van der Waals surface area contributed by atoms with Gasteiger partial charge in [0.15, 0.2) is 0 Å². The normalized spacial score (nSPS) is 18.6. The van der Waals surface area contributed by atoms with Gasteiger partial charge in [-0.1, -0.05) is 0 Å².